The van der Waals surface area contributed by atoms with E-state index >= 15 is 0 Å². The molecule has 114 valence electrons. The van der Waals surface area contributed by atoms with Crippen molar-refractivity contribution in [1.29, 1.82) is 0 Å². The molecule has 21 heavy (non-hydrogen) atoms. The average molecular weight is 329 g/mol. The van der Waals surface area contributed by atoms with Gasteiger partial charge in [0.05, 0.1) is 0 Å². The summed E-state index contributed by atoms with van der Waals surface area (Å²) >= 11 is 0.719. The van der Waals surface area contributed by atoms with E-state index in [1.54, 1.807) is 13.0 Å². The molecule has 0 atom stereocenters. The molecule has 2 heterocycles. The summed E-state index contributed by atoms with van der Waals surface area (Å²) in [6.45, 7) is 5.46. The molecule has 2 aromatic heterocycles. The lowest BCUT2D eigenvalue weighted by atomic mass is 10.1. The topological polar surface area (TPSA) is 112 Å². The van der Waals surface area contributed by atoms with E-state index in [0.29, 0.717) is 5.56 Å². The summed E-state index contributed by atoms with van der Waals surface area (Å²) in [4.78, 5) is 11.0. The highest BCUT2D eigenvalue weighted by Crippen LogP contribution is 2.27. The number of aromatic carboxylic acids is 1. The fourth-order valence-electron chi connectivity index (χ4n) is 1.67. The smallest absolute Gasteiger partial charge is 0.346 e. The number of nitrogens with zero attached hydrogens (tertiary/aromatic N) is 1. The molecular formula is C12H15N3O4S2. The second-order valence-electron chi connectivity index (χ2n) is 4.85. The van der Waals surface area contributed by atoms with Crippen LogP contribution in [-0.2, 0) is 10.0 Å². The lowest BCUT2D eigenvalue weighted by Crippen LogP contribution is -2.11. The van der Waals surface area contributed by atoms with Gasteiger partial charge in [-0.05, 0) is 24.5 Å². The van der Waals surface area contributed by atoms with E-state index in [0.717, 1.165) is 17.0 Å². The number of carboxylic acid groups (broad SMARTS) is 1. The summed E-state index contributed by atoms with van der Waals surface area (Å²) in [6, 6.07) is 2.95. The first-order chi connectivity index (χ1) is 9.70. The summed E-state index contributed by atoms with van der Waals surface area (Å²) in [5, 5.41) is 15.6. The highest BCUT2D eigenvalue weighted by Gasteiger charge is 2.22. The maximum atomic E-state index is 12.2. The van der Waals surface area contributed by atoms with Crippen LogP contribution in [0.25, 0.3) is 0 Å². The van der Waals surface area contributed by atoms with Gasteiger partial charge in [-0.1, -0.05) is 13.8 Å². The van der Waals surface area contributed by atoms with Gasteiger partial charge in [-0.2, -0.15) is 5.10 Å². The minimum Gasteiger partial charge on any atom is -0.477 e. The third-order valence-corrected chi connectivity index (χ3v) is 5.87. The molecule has 0 radical (unpaired) electrons. The van der Waals surface area contributed by atoms with Crippen molar-refractivity contribution in [1.82, 2.24) is 10.2 Å². The molecule has 9 heteroatoms. The van der Waals surface area contributed by atoms with E-state index < -0.39 is 16.0 Å². The lowest BCUT2D eigenvalue weighted by molar-refractivity contribution is 0.0701. The summed E-state index contributed by atoms with van der Waals surface area (Å²) in [5.74, 6) is -0.763. The number of anilines is 1. The Morgan fingerprint density at radius 2 is 2.10 bits per heavy atom. The van der Waals surface area contributed by atoms with Gasteiger partial charge in [0.2, 0.25) is 0 Å². The second-order valence-corrected chi connectivity index (χ2v) is 7.81. The molecule has 2 rings (SSSR count). The number of aryl methyl sites for hydroxylation is 1. The Morgan fingerprint density at radius 1 is 1.43 bits per heavy atom. The molecule has 0 bridgehead atoms. The number of nitrogens with one attached hydrogen (secondary N) is 2. The lowest BCUT2D eigenvalue weighted by Gasteiger charge is -2.01. The van der Waals surface area contributed by atoms with Gasteiger partial charge in [-0.25, -0.2) is 13.2 Å². The van der Waals surface area contributed by atoms with Crippen molar-refractivity contribution in [2.75, 3.05) is 4.72 Å². The van der Waals surface area contributed by atoms with Crippen LogP contribution >= 0.6 is 11.3 Å². The van der Waals surface area contributed by atoms with Crippen molar-refractivity contribution >= 4 is 33.1 Å². The summed E-state index contributed by atoms with van der Waals surface area (Å²) in [6.07, 6.45) is 0. The fraction of sp³-hybridized carbons (Fsp3) is 0.333. The quantitative estimate of drug-likeness (QED) is 0.779. The van der Waals surface area contributed by atoms with E-state index in [-0.39, 0.29) is 20.8 Å². The van der Waals surface area contributed by atoms with Gasteiger partial charge >= 0.3 is 5.97 Å². The number of hydrogen-bond donors (Lipinski definition) is 3. The third kappa shape index (κ3) is 3.24. The average Bonchev–Trinajstić information content (AvgIpc) is 2.95. The van der Waals surface area contributed by atoms with Gasteiger partial charge in [0, 0.05) is 11.8 Å². The Labute approximate surface area is 126 Å². The van der Waals surface area contributed by atoms with E-state index in [1.807, 2.05) is 13.8 Å². The first-order valence-electron chi connectivity index (χ1n) is 6.12. The Morgan fingerprint density at radius 3 is 2.57 bits per heavy atom. The predicted molar refractivity (Wildman–Crippen MR) is 79.5 cm³/mol. The van der Waals surface area contributed by atoms with Gasteiger partial charge in [-0.3, -0.25) is 9.82 Å². The normalized spacial score (nSPS) is 11.8. The van der Waals surface area contributed by atoms with E-state index in [2.05, 4.69) is 14.9 Å². The molecular weight excluding hydrogens is 314 g/mol. The molecule has 7 nitrogen and oxygen atoms in total. The highest BCUT2D eigenvalue weighted by molar-refractivity contribution is 7.94. The van der Waals surface area contributed by atoms with Crippen LogP contribution in [0.15, 0.2) is 16.3 Å². The molecule has 0 aliphatic carbocycles. The number of aromatic nitrogens is 2. The van der Waals surface area contributed by atoms with Crippen molar-refractivity contribution in [2.45, 2.75) is 30.9 Å². The zero-order valence-corrected chi connectivity index (χ0v) is 13.3. The van der Waals surface area contributed by atoms with Crippen LogP contribution in [0.5, 0.6) is 0 Å². The minimum atomic E-state index is -3.84. The van der Waals surface area contributed by atoms with Gasteiger partial charge in [0.1, 0.15) is 9.09 Å². The molecule has 0 unspecified atom stereocenters. The fourth-order valence-corrected chi connectivity index (χ4v) is 4.04. The van der Waals surface area contributed by atoms with Crippen molar-refractivity contribution in [2.24, 2.45) is 0 Å². The Balaban J connectivity index is 2.29. The summed E-state index contributed by atoms with van der Waals surface area (Å²) in [7, 11) is -3.84. The Bertz CT molecular complexity index is 774. The molecule has 0 spiro atoms. The van der Waals surface area contributed by atoms with Crippen LogP contribution < -0.4 is 4.72 Å². The Hall–Kier alpha value is -1.87. The van der Waals surface area contributed by atoms with Crippen molar-refractivity contribution < 1.29 is 18.3 Å². The second kappa shape index (κ2) is 5.49. The van der Waals surface area contributed by atoms with Crippen LogP contribution in [0.3, 0.4) is 0 Å². The standard InChI is InChI=1S/C12H15N3O4S2/c1-6(2)8-5-9(14-13-8)15-21(18,19)10-4-7(3)11(20-10)12(16)17/h4-6H,1-3H3,(H,16,17)(H2,13,14,15). The SMILES string of the molecule is Cc1cc(S(=O)(=O)Nc2cc(C(C)C)[nH]n2)sc1C(=O)O. The molecule has 3 N–H and O–H groups in total. The molecule has 0 aliphatic rings. The maximum Gasteiger partial charge on any atom is 0.346 e. The van der Waals surface area contributed by atoms with Crippen molar-refractivity contribution in [3.05, 3.63) is 28.3 Å². The number of sulfonamides is 1. The number of aromatic amines is 1. The zero-order valence-electron chi connectivity index (χ0n) is 11.7. The van der Waals surface area contributed by atoms with Crippen molar-refractivity contribution in [3.63, 3.8) is 0 Å². The number of carbonyl (C=O) groups is 1. The summed E-state index contributed by atoms with van der Waals surface area (Å²) < 4.78 is 26.7. The number of carboxylic acids is 1. The minimum absolute atomic E-state index is 0.0141. The molecule has 0 aromatic carbocycles. The highest BCUT2D eigenvalue weighted by atomic mass is 32.2. The summed E-state index contributed by atoms with van der Waals surface area (Å²) in [5.41, 5.74) is 1.22. The monoisotopic (exact) mass is 329 g/mol. The van der Waals surface area contributed by atoms with Gasteiger partial charge < -0.3 is 5.11 Å². The van der Waals surface area contributed by atoms with Crippen LogP contribution in [0.2, 0.25) is 0 Å². The number of hydrogen-bond acceptors (Lipinski definition) is 5. The van der Waals surface area contributed by atoms with Crippen LogP contribution in [0, 0.1) is 6.92 Å². The number of thiophene rings is 1. The first kappa shape index (κ1) is 15.5. The van der Waals surface area contributed by atoms with Gasteiger partial charge in [0.15, 0.2) is 5.82 Å². The van der Waals surface area contributed by atoms with Crippen LogP contribution in [0.4, 0.5) is 5.82 Å². The van der Waals surface area contributed by atoms with E-state index in [1.165, 1.54) is 6.07 Å². The predicted octanol–water partition coefficient (Wildman–Crippen LogP) is 2.40. The van der Waals surface area contributed by atoms with Gasteiger partial charge in [0.25, 0.3) is 10.0 Å². The molecule has 0 saturated heterocycles. The number of rotatable bonds is 5. The van der Waals surface area contributed by atoms with E-state index in [4.69, 9.17) is 5.11 Å². The Kier molecular flexibility index (Phi) is 4.06. The third-order valence-electron chi connectivity index (χ3n) is 2.81. The molecule has 0 amide bonds. The molecule has 0 aliphatic heterocycles. The number of H-pyrrole nitrogens is 1. The first-order valence-corrected chi connectivity index (χ1v) is 8.42. The molecule has 0 saturated carbocycles. The maximum absolute atomic E-state index is 12.2. The van der Waals surface area contributed by atoms with Crippen LogP contribution in [0.1, 0.15) is 40.7 Å². The van der Waals surface area contributed by atoms with Crippen molar-refractivity contribution in [3.8, 4) is 0 Å². The van der Waals surface area contributed by atoms with Gasteiger partial charge in [-0.15, -0.1) is 11.3 Å². The van der Waals surface area contributed by atoms with Crippen LogP contribution in [-0.4, -0.2) is 29.7 Å². The largest absolute Gasteiger partial charge is 0.477 e. The zero-order chi connectivity index (χ0) is 15.8. The molecule has 0 fully saturated rings. The molecule has 2 aromatic rings. The van der Waals surface area contributed by atoms with E-state index in [9.17, 15) is 13.2 Å².